The summed E-state index contributed by atoms with van der Waals surface area (Å²) >= 11 is 0. The van der Waals surface area contributed by atoms with Gasteiger partial charge in [0.25, 0.3) is 10.0 Å². The van der Waals surface area contributed by atoms with E-state index in [0.717, 1.165) is 23.2 Å². The zero-order valence-corrected chi connectivity index (χ0v) is 16.8. The van der Waals surface area contributed by atoms with E-state index in [1.165, 1.54) is 0 Å². The lowest BCUT2D eigenvalue weighted by Gasteiger charge is -2.30. The smallest absolute Gasteiger partial charge is 0.261 e. The zero-order valence-electron chi connectivity index (χ0n) is 16.0. The molecule has 0 saturated heterocycles. The van der Waals surface area contributed by atoms with Gasteiger partial charge in [-0.05, 0) is 61.6 Å². The largest absolute Gasteiger partial charge is 0.312 e. The van der Waals surface area contributed by atoms with Gasteiger partial charge < -0.3 is 4.90 Å². The normalized spacial score (nSPS) is 14.4. The number of aryl methyl sites for hydroxylation is 2. The van der Waals surface area contributed by atoms with E-state index in [4.69, 9.17) is 0 Å². The van der Waals surface area contributed by atoms with E-state index in [0.29, 0.717) is 31.0 Å². The average Bonchev–Trinajstić information content (AvgIpc) is 2.61. The van der Waals surface area contributed by atoms with E-state index >= 15 is 0 Å². The van der Waals surface area contributed by atoms with E-state index in [2.05, 4.69) is 18.6 Å². The number of fused-ring (bicyclic) bond motifs is 1. The number of amides is 1. The molecule has 5 nitrogen and oxygen atoms in total. The van der Waals surface area contributed by atoms with Gasteiger partial charge in [-0.25, -0.2) is 8.42 Å². The molecule has 0 unspecified atom stereocenters. The van der Waals surface area contributed by atoms with Crippen LogP contribution >= 0.6 is 0 Å². The highest BCUT2D eigenvalue weighted by molar-refractivity contribution is 7.92. The van der Waals surface area contributed by atoms with E-state index in [1.54, 1.807) is 30.3 Å². The molecule has 1 aliphatic heterocycles. The molecule has 0 spiro atoms. The van der Waals surface area contributed by atoms with E-state index in [-0.39, 0.29) is 10.8 Å². The quantitative estimate of drug-likeness (QED) is 0.812. The van der Waals surface area contributed by atoms with Crippen LogP contribution in [0.15, 0.2) is 47.4 Å². The van der Waals surface area contributed by atoms with E-state index < -0.39 is 10.0 Å². The standard InChI is InChI=1S/C21H26N2O3S/c1-15(2)12-13-23-20-10-7-18(14-17(20)6-11-21(23)24)22-27(25,26)19-8-4-16(3)5-9-19/h4-5,7-10,14-15,22H,6,11-13H2,1-3H3. The number of hydrogen-bond acceptors (Lipinski definition) is 3. The minimum absolute atomic E-state index is 0.135. The Morgan fingerprint density at radius 2 is 1.78 bits per heavy atom. The van der Waals surface area contributed by atoms with Gasteiger partial charge in [-0.1, -0.05) is 31.5 Å². The molecule has 2 aromatic rings. The third-order valence-corrected chi connectivity index (χ3v) is 6.19. The molecule has 0 saturated carbocycles. The summed E-state index contributed by atoms with van der Waals surface area (Å²) in [6, 6.07) is 12.2. The highest BCUT2D eigenvalue weighted by Crippen LogP contribution is 2.31. The van der Waals surface area contributed by atoms with Gasteiger partial charge in [0.2, 0.25) is 5.91 Å². The molecule has 0 aliphatic carbocycles. The Morgan fingerprint density at radius 3 is 2.44 bits per heavy atom. The van der Waals surface area contributed by atoms with Gasteiger partial charge in [0.05, 0.1) is 4.90 Å². The van der Waals surface area contributed by atoms with Crippen LogP contribution in [0.25, 0.3) is 0 Å². The van der Waals surface area contributed by atoms with Crippen LogP contribution in [0, 0.1) is 12.8 Å². The number of carbonyl (C=O) groups is 1. The number of nitrogens with one attached hydrogen (secondary N) is 1. The third-order valence-electron chi connectivity index (χ3n) is 4.79. The minimum Gasteiger partial charge on any atom is -0.312 e. The molecule has 1 amide bonds. The first kappa shape index (κ1) is 19.4. The number of benzene rings is 2. The van der Waals surface area contributed by atoms with Crippen LogP contribution in [0.5, 0.6) is 0 Å². The minimum atomic E-state index is -3.63. The summed E-state index contributed by atoms with van der Waals surface area (Å²) in [5, 5.41) is 0. The van der Waals surface area contributed by atoms with Crippen molar-refractivity contribution in [3.8, 4) is 0 Å². The number of anilines is 2. The Balaban J connectivity index is 1.83. The van der Waals surface area contributed by atoms with E-state index in [1.807, 2.05) is 24.0 Å². The highest BCUT2D eigenvalue weighted by atomic mass is 32.2. The zero-order chi connectivity index (χ0) is 19.6. The van der Waals surface area contributed by atoms with Crippen molar-refractivity contribution >= 4 is 27.3 Å². The van der Waals surface area contributed by atoms with Gasteiger partial charge in [-0.15, -0.1) is 0 Å². The predicted octanol–water partition coefficient (Wildman–Crippen LogP) is 4.12. The van der Waals surface area contributed by atoms with Gasteiger partial charge in [0.1, 0.15) is 0 Å². The summed E-state index contributed by atoms with van der Waals surface area (Å²) in [6.45, 7) is 6.88. The molecule has 0 atom stereocenters. The van der Waals surface area contributed by atoms with Crippen LogP contribution in [0.2, 0.25) is 0 Å². The molecule has 1 N–H and O–H groups in total. The number of hydrogen-bond donors (Lipinski definition) is 1. The highest BCUT2D eigenvalue weighted by Gasteiger charge is 2.25. The van der Waals surface area contributed by atoms with Crippen molar-refractivity contribution in [1.29, 1.82) is 0 Å². The van der Waals surface area contributed by atoms with Crippen LogP contribution in [0.4, 0.5) is 11.4 Å². The molecule has 144 valence electrons. The number of nitrogens with zero attached hydrogens (tertiary/aromatic N) is 1. The summed E-state index contributed by atoms with van der Waals surface area (Å²) in [5.74, 6) is 0.653. The SMILES string of the molecule is Cc1ccc(S(=O)(=O)Nc2ccc3c(c2)CCC(=O)N3CCC(C)C)cc1. The summed E-state index contributed by atoms with van der Waals surface area (Å²) in [7, 11) is -3.63. The average molecular weight is 387 g/mol. The van der Waals surface area contributed by atoms with Crippen molar-refractivity contribution in [3.05, 3.63) is 53.6 Å². The van der Waals surface area contributed by atoms with Gasteiger partial charge in [0.15, 0.2) is 0 Å². The van der Waals surface area contributed by atoms with Crippen LogP contribution in [0.1, 0.15) is 37.8 Å². The van der Waals surface area contributed by atoms with Crippen molar-refractivity contribution in [2.24, 2.45) is 5.92 Å². The van der Waals surface area contributed by atoms with Crippen molar-refractivity contribution < 1.29 is 13.2 Å². The van der Waals surface area contributed by atoms with Gasteiger partial charge >= 0.3 is 0 Å². The summed E-state index contributed by atoms with van der Waals surface area (Å²) in [5.41, 5.74) is 3.43. The molecule has 0 bridgehead atoms. The third kappa shape index (κ3) is 4.50. The molecule has 0 aromatic heterocycles. The van der Waals surface area contributed by atoms with Crippen LogP contribution in [0.3, 0.4) is 0 Å². The van der Waals surface area contributed by atoms with Gasteiger partial charge in [0, 0.05) is 24.3 Å². The van der Waals surface area contributed by atoms with Crippen molar-refractivity contribution in [3.63, 3.8) is 0 Å². The fourth-order valence-corrected chi connectivity index (χ4v) is 4.24. The second-order valence-corrected chi connectivity index (χ2v) is 9.17. The molecule has 0 fully saturated rings. The molecule has 27 heavy (non-hydrogen) atoms. The molecule has 1 heterocycles. The maximum atomic E-state index is 12.6. The molecule has 1 aliphatic rings. The summed E-state index contributed by atoms with van der Waals surface area (Å²) in [6.07, 6.45) is 2.03. The number of sulfonamides is 1. The van der Waals surface area contributed by atoms with Crippen LogP contribution in [-0.4, -0.2) is 20.9 Å². The number of rotatable bonds is 6. The Bertz CT molecular complexity index is 934. The first-order valence-electron chi connectivity index (χ1n) is 9.29. The summed E-state index contributed by atoms with van der Waals surface area (Å²) < 4.78 is 27.8. The second-order valence-electron chi connectivity index (χ2n) is 7.49. The molecule has 3 rings (SSSR count). The van der Waals surface area contributed by atoms with Gasteiger partial charge in [-0.2, -0.15) is 0 Å². The molecule has 2 aromatic carbocycles. The van der Waals surface area contributed by atoms with E-state index in [9.17, 15) is 13.2 Å². The first-order chi connectivity index (χ1) is 12.8. The molecule has 0 radical (unpaired) electrons. The lowest BCUT2D eigenvalue weighted by Crippen LogP contribution is -2.36. The first-order valence-corrected chi connectivity index (χ1v) is 10.8. The Hall–Kier alpha value is -2.34. The lowest BCUT2D eigenvalue weighted by atomic mass is 9.99. The maximum absolute atomic E-state index is 12.6. The summed E-state index contributed by atoms with van der Waals surface area (Å²) in [4.78, 5) is 14.4. The molecule has 6 heteroatoms. The topological polar surface area (TPSA) is 66.5 Å². The molecular weight excluding hydrogens is 360 g/mol. The van der Waals surface area contributed by atoms with Crippen LogP contribution < -0.4 is 9.62 Å². The fraction of sp³-hybridized carbons (Fsp3) is 0.381. The number of carbonyl (C=O) groups excluding carboxylic acids is 1. The Kier molecular flexibility index (Phi) is 5.56. The fourth-order valence-electron chi connectivity index (χ4n) is 3.19. The van der Waals surface area contributed by atoms with Crippen molar-refractivity contribution in [2.45, 2.75) is 44.9 Å². The van der Waals surface area contributed by atoms with Crippen molar-refractivity contribution in [1.82, 2.24) is 0 Å². The van der Waals surface area contributed by atoms with Gasteiger partial charge in [-0.3, -0.25) is 9.52 Å². The Morgan fingerprint density at radius 1 is 1.07 bits per heavy atom. The second kappa shape index (κ2) is 7.72. The monoisotopic (exact) mass is 386 g/mol. The Labute approximate surface area is 161 Å². The van der Waals surface area contributed by atoms with Crippen molar-refractivity contribution in [2.75, 3.05) is 16.2 Å². The lowest BCUT2D eigenvalue weighted by molar-refractivity contribution is -0.118. The molecular formula is C21H26N2O3S. The maximum Gasteiger partial charge on any atom is 0.261 e. The van der Waals surface area contributed by atoms with Crippen LogP contribution in [-0.2, 0) is 21.2 Å². The predicted molar refractivity (Wildman–Crippen MR) is 109 cm³/mol.